The molecule has 0 aliphatic rings. The lowest BCUT2D eigenvalue weighted by Gasteiger charge is -2.26. The maximum absolute atomic E-state index is 12.0. The van der Waals surface area contributed by atoms with Gasteiger partial charge in [0.25, 0.3) is 5.56 Å². The van der Waals surface area contributed by atoms with E-state index in [1.165, 1.54) is 4.68 Å². The van der Waals surface area contributed by atoms with E-state index in [1.807, 2.05) is 0 Å². The third kappa shape index (κ3) is 2.67. The lowest BCUT2D eigenvalue weighted by molar-refractivity contribution is -0.308. The number of nitrogens with zero attached hydrogens (tertiary/aromatic N) is 2. The molecule has 102 valence electrons. The molecule has 0 fully saturated rings. The fourth-order valence-electron chi connectivity index (χ4n) is 1.75. The Balaban J connectivity index is 2.70. The summed E-state index contributed by atoms with van der Waals surface area (Å²) in [5.74, 6) is 0. The second-order valence-corrected chi connectivity index (χ2v) is 5.77. The normalized spacial score (nSPS) is 11.8. The number of rotatable bonds is 3. The van der Waals surface area contributed by atoms with Gasteiger partial charge in [-0.1, -0.05) is 11.6 Å². The molecule has 0 spiro atoms. The molecule has 19 heavy (non-hydrogen) atoms. The van der Waals surface area contributed by atoms with E-state index in [-0.39, 0.29) is 0 Å². The molecule has 0 unspecified atom stereocenters. The first-order valence-corrected chi connectivity index (χ1v) is 7.37. The van der Waals surface area contributed by atoms with E-state index in [1.54, 1.807) is 31.2 Å². The molecule has 0 saturated heterocycles. The minimum Gasteiger partial charge on any atom is -0.807 e. The van der Waals surface area contributed by atoms with Crippen molar-refractivity contribution in [3.05, 3.63) is 45.8 Å². The highest BCUT2D eigenvalue weighted by atomic mass is 35.5. The van der Waals surface area contributed by atoms with Gasteiger partial charge in [0, 0.05) is 17.8 Å². The van der Waals surface area contributed by atoms with E-state index in [9.17, 15) is 19.1 Å². The van der Waals surface area contributed by atoms with Crippen molar-refractivity contribution in [2.45, 2.75) is 13.5 Å². The highest BCUT2D eigenvalue weighted by molar-refractivity contribution is 7.57. The van der Waals surface area contributed by atoms with E-state index in [0.717, 1.165) is 10.9 Å². The largest absolute Gasteiger partial charge is 0.807 e. The van der Waals surface area contributed by atoms with Crippen molar-refractivity contribution in [2.75, 3.05) is 0 Å². The number of hydrogen-bond donors (Lipinski definition) is 0. The Morgan fingerprint density at radius 1 is 1.26 bits per heavy atom. The maximum atomic E-state index is 12.0. The van der Waals surface area contributed by atoms with Crippen LogP contribution >= 0.6 is 19.2 Å². The number of halogens is 1. The molecule has 2 rings (SSSR count). The molecule has 0 atom stereocenters. The molecular weight excluding hydrogens is 291 g/mol. The van der Waals surface area contributed by atoms with Gasteiger partial charge in [-0.25, -0.2) is 4.68 Å². The van der Waals surface area contributed by atoms with Crippen molar-refractivity contribution in [1.29, 1.82) is 0 Å². The lowest BCUT2D eigenvalue weighted by Crippen LogP contribution is -2.35. The zero-order chi connectivity index (χ0) is 14.2. The van der Waals surface area contributed by atoms with Crippen molar-refractivity contribution in [1.82, 2.24) is 9.36 Å². The Bertz CT molecular complexity index is 698. The second-order valence-electron chi connectivity index (χ2n) is 3.86. The first-order chi connectivity index (χ1) is 8.84. The van der Waals surface area contributed by atoms with E-state index < -0.39 is 18.5 Å². The van der Waals surface area contributed by atoms with Crippen molar-refractivity contribution < 1.29 is 14.4 Å². The van der Waals surface area contributed by atoms with Gasteiger partial charge in [0.05, 0.1) is 11.0 Å². The summed E-state index contributed by atoms with van der Waals surface area (Å²) in [4.78, 5) is 34.1. The molecule has 0 amide bonds. The predicted octanol–water partition coefficient (Wildman–Crippen LogP) is -0.149. The zero-order valence-corrected chi connectivity index (χ0v) is 11.6. The van der Waals surface area contributed by atoms with Gasteiger partial charge >= 0.3 is 0 Å². The highest BCUT2D eigenvalue weighted by Gasteiger charge is 2.14. The average Bonchev–Trinajstić information content (AvgIpc) is 2.67. The molecule has 0 bridgehead atoms. The maximum Gasteiger partial charge on any atom is 0.279 e. The number of benzene rings is 1. The van der Waals surface area contributed by atoms with E-state index in [0.29, 0.717) is 17.3 Å². The third-order valence-corrected chi connectivity index (χ3v) is 3.78. The Hall–Kier alpha value is -1.33. The minimum absolute atomic E-state index is 0.345. The van der Waals surface area contributed by atoms with Gasteiger partial charge in [0.1, 0.15) is 0 Å². The van der Waals surface area contributed by atoms with Gasteiger partial charge in [0.2, 0.25) is 0 Å². The molecule has 0 radical (unpaired) electrons. The SMILES string of the molecule is CCn1cc(P(=O)([O-])[O-])c(=O)n1-c1ccc(Cl)cc1. The first kappa shape index (κ1) is 14.1. The molecule has 1 aromatic carbocycles. The van der Waals surface area contributed by atoms with Gasteiger partial charge < -0.3 is 14.4 Å². The molecule has 0 N–H and O–H groups in total. The monoisotopic (exact) mass is 300 g/mol. The standard InChI is InChI=1S/C11H12ClN2O4P/c1-2-13-7-10(19(16,17)18)11(15)14(13)9-5-3-8(12)4-6-9/h3-7H,2H2,1H3,(H2,16,17,18)/p-2. The van der Waals surface area contributed by atoms with Crippen molar-refractivity contribution in [3.8, 4) is 5.69 Å². The molecule has 0 saturated carbocycles. The van der Waals surface area contributed by atoms with Gasteiger partial charge in [-0.2, -0.15) is 0 Å². The van der Waals surface area contributed by atoms with Crippen LogP contribution in [-0.4, -0.2) is 9.36 Å². The van der Waals surface area contributed by atoms with Gasteiger partial charge in [-0.05, 0) is 38.8 Å². The Kier molecular flexibility index (Phi) is 3.69. The number of hydrogen-bond acceptors (Lipinski definition) is 4. The lowest BCUT2D eigenvalue weighted by atomic mass is 10.3. The van der Waals surface area contributed by atoms with Crippen LogP contribution in [0.2, 0.25) is 5.02 Å². The molecule has 8 heteroatoms. The predicted molar refractivity (Wildman–Crippen MR) is 68.0 cm³/mol. The molecular formula is C11H10ClN2O4P-2. The fourth-order valence-corrected chi connectivity index (χ4v) is 2.48. The highest BCUT2D eigenvalue weighted by Crippen LogP contribution is 2.20. The topological polar surface area (TPSA) is 90.1 Å². The summed E-state index contributed by atoms with van der Waals surface area (Å²) in [6.07, 6.45) is 1.05. The molecule has 0 aliphatic carbocycles. The van der Waals surface area contributed by atoms with Crippen LogP contribution in [0.5, 0.6) is 0 Å². The quantitative estimate of drug-likeness (QED) is 0.737. The van der Waals surface area contributed by atoms with E-state index in [2.05, 4.69) is 0 Å². The summed E-state index contributed by atoms with van der Waals surface area (Å²) >= 11 is 5.75. The Morgan fingerprint density at radius 3 is 2.32 bits per heavy atom. The van der Waals surface area contributed by atoms with Crippen LogP contribution in [0.15, 0.2) is 35.3 Å². The second kappa shape index (κ2) is 4.98. The summed E-state index contributed by atoms with van der Waals surface area (Å²) in [6, 6.07) is 6.29. The Labute approximate surface area is 114 Å². The van der Waals surface area contributed by atoms with Gasteiger partial charge in [-0.15, -0.1) is 0 Å². The number of aryl methyl sites for hydroxylation is 1. The van der Waals surface area contributed by atoms with E-state index >= 15 is 0 Å². The van der Waals surface area contributed by atoms with Gasteiger partial charge in [-0.3, -0.25) is 9.48 Å². The van der Waals surface area contributed by atoms with Crippen LogP contribution in [0.4, 0.5) is 0 Å². The summed E-state index contributed by atoms with van der Waals surface area (Å²) in [5.41, 5.74) is -0.409. The van der Waals surface area contributed by atoms with Gasteiger partial charge in [0.15, 0.2) is 0 Å². The third-order valence-electron chi connectivity index (χ3n) is 2.63. The summed E-state index contributed by atoms with van der Waals surface area (Å²) in [7, 11) is -5.09. The molecule has 0 aliphatic heterocycles. The molecule has 1 aromatic heterocycles. The van der Waals surface area contributed by atoms with Crippen LogP contribution in [0.25, 0.3) is 5.69 Å². The van der Waals surface area contributed by atoms with Crippen molar-refractivity contribution >= 4 is 24.5 Å². The summed E-state index contributed by atoms with van der Waals surface area (Å²) < 4.78 is 13.5. The smallest absolute Gasteiger partial charge is 0.279 e. The summed E-state index contributed by atoms with van der Waals surface area (Å²) in [5, 5.41) is -0.241. The van der Waals surface area contributed by atoms with Crippen LogP contribution in [0, 0.1) is 0 Å². The molecule has 2 aromatic rings. The van der Waals surface area contributed by atoms with Crippen LogP contribution < -0.4 is 20.7 Å². The number of aromatic nitrogens is 2. The van der Waals surface area contributed by atoms with E-state index in [4.69, 9.17) is 11.6 Å². The molecule has 6 nitrogen and oxygen atoms in total. The first-order valence-electron chi connectivity index (χ1n) is 5.45. The van der Waals surface area contributed by atoms with Crippen LogP contribution in [0.3, 0.4) is 0 Å². The Morgan fingerprint density at radius 2 is 1.84 bits per heavy atom. The summed E-state index contributed by atoms with van der Waals surface area (Å²) in [6.45, 7) is 2.08. The fraction of sp³-hybridized carbons (Fsp3) is 0.182. The van der Waals surface area contributed by atoms with Crippen molar-refractivity contribution in [3.63, 3.8) is 0 Å². The zero-order valence-electron chi connectivity index (χ0n) is 9.95. The molecule has 1 heterocycles. The van der Waals surface area contributed by atoms with Crippen LogP contribution in [-0.2, 0) is 11.1 Å². The van der Waals surface area contributed by atoms with Crippen LogP contribution in [0.1, 0.15) is 6.92 Å². The average molecular weight is 301 g/mol. The van der Waals surface area contributed by atoms with Crippen molar-refractivity contribution in [2.24, 2.45) is 0 Å². The minimum atomic E-state index is -5.09.